The fourth-order valence-corrected chi connectivity index (χ4v) is 5.17. The summed E-state index contributed by atoms with van der Waals surface area (Å²) in [7, 11) is 0. The number of hydrogen-bond donors (Lipinski definition) is 3. The van der Waals surface area contributed by atoms with Gasteiger partial charge in [-0.25, -0.2) is 9.78 Å². The number of carboxylic acid groups (broad SMARTS) is 1. The third kappa shape index (κ3) is 3.33. The number of anilines is 1. The molecule has 9 heteroatoms. The van der Waals surface area contributed by atoms with Crippen molar-refractivity contribution in [2.75, 3.05) is 5.73 Å². The number of aryl methyl sites for hydroxylation is 1. The van der Waals surface area contributed by atoms with Crippen LogP contribution in [0.4, 0.5) is 10.5 Å². The van der Waals surface area contributed by atoms with Crippen LogP contribution < -0.4 is 16.6 Å². The molecule has 2 fully saturated rings. The first-order valence-electron chi connectivity index (χ1n) is 11.6. The summed E-state index contributed by atoms with van der Waals surface area (Å²) in [6.07, 6.45) is 2.00. The maximum absolute atomic E-state index is 13.6. The molecule has 9 nitrogen and oxygen atoms in total. The lowest BCUT2D eigenvalue weighted by Crippen LogP contribution is -2.42. The van der Waals surface area contributed by atoms with Crippen LogP contribution in [0.1, 0.15) is 54.7 Å². The highest BCUT2D eigenvalue weighted by Crippen LogP contribution is 2.42. The van der Waals surface area contributed by atoms with Crippen molar-refractivity contribution in [3.05, 3.63) is 57.7 Å². The minimum Gasteiger partial charge on any atom is -0.465 e. The molecule has 0 unspecified atom stereocenters. The van der Waals surface area contributed by atoms with Gasteiger partial charge in [-0.2, -0.15) is 5.26 Å². The van der Waals surface area contributed by atoms with Crippen LogP contribution in [0, 0.1) is 18.3 Å². The largest absolute Gasteiger partial charge is 0.465 e. The molecule has 0 atom stereocenters. The van der Waals surface area contributed by atoms with Gasteiger partial charge in [-0.3, -0.25) is 4.79 Å². The van der Waals surface area contributed by atoms with Crippen LogP contribution in [0.15, 0.2) is 39.5 Å². The molecule has 2 aromatic heterocycles. The van der Waals surface area contributed by atoms with E-state index < -0.39 is 6.09 Å². The summed E-state index contributed by atoms with van der Waals surface area (Å²) < 4.78 is 8.02. The molecule has 0 radical (unpaired) electrons. The predicted octanol–water partition coefficient (Wildman–Crippen LogP) is 4.42. The average molecular weight is 470 g/mol. The number of nitrogens with one attached hydrogen (secondary N) is 1. The van der Waals surface area contributed by atoms with E-state index in [4.69, 9.17) is 15.3 Å². The summed E-state index contributed by atoms with van der Waals surface area (Å²) >= 11 is 0. The Morgan fingerprint density at radius 2 is 2.06 bits per heavy atom. The number of benzene rings is 2. The minimum atomic E-state index is -1.04. The Bertz CT molecular complexity index is 1630. The number of nitrogens with two attached hydrogens (primary N) is 1. The van der Waals surface area contributed by atoms with Crippen molar-refractivity contribution in [1.82, 2.24) is 14.9 Å². The van der Waals surface area contributed by atoms with Gasteiger partial charge in [0.25, 0.3) is 5.56 Å². The molecular weight excluding hydrogens is 446 g/mol. The number of hydrogen-bond acceptors (Lipinski definition) is 6. The molecule has 0 bridgehead atoms. The quantitative estimate of drug-likeness (QED) is 0.375. The summed E-state index contributed by atoms with van der Waals surface area (Å²) in [5.74, 6) is 0.455. The SMILES string of the molecule is Cc1c(-c2ccc(N)c(C#N)c2)ccc2c3oc([C@H]4C[C@H](NC(=O)O)C4)nc3c(=O)n(C3CC3)c12. The topological polar surface area (TPSA) is 147 Å². The maximum Gasteiger partial charge on any atom is 0.404 e. The molecule has 176 valence electrons. The predicted molar refractivity (Wildman–Crippen MR) is 130 cm³/mol. The van der Waals surface area contributed by atoms with Gasteiger partial charge in [0.05, 0.1) is 11.1 Å². The molecule has 2 saturated carbocycles. The molecule has 2 aromatic carbocycles. The van der Waals surface area contributed by atoms with Gasteiger partial charge in [0.15, 0.2) is 17.0 Å². The maximum atomic E-state index is 13.6. The first-order chi connectivity index (χ1) is 16.9. The van der Waals surface area contributed by atoms with Crippen LogP contribution in [-0.4, -0.2) is 26.8 Å². The Labute approximate surface area is 199 Å². The number of nitriles is 1. The number of oxazole rings is 1. The normalized spacial score (nSPS) is 19.4. The third-order valence-electron chi connectivity index (χ3n) is 7.19. The molecule has 2 aliphatic rings. The summed E-state index contributed by atoms with van der Waals surface area (Å²) in [6, 6.07) is 11.4. The minimum absolute atomic E-state index is 0.0253. The highest BCUT2D eigenvalue weighted by molar-refractivity contribution is 6.04. The highest BCUT2D eigenvalue weighted by atomic mass is 16.4. The number of carbonyl (C=O) groups is 1. The van der Waals surface area contributed by atoms with E-state index >= 15 is 0 Å². The summed E-state index contributed by atoms with van der Waals surface area (Å²) in [5.41, 5.74) is 10.9. The van der Waals surface area contributed by atoms with Crippen molar-refractivity contribution < 1.29 is 14.3 Å². The number of amides is 1. The van der Waals surface area contributed by atoms with Gasteiger partial charge in [-0.1, -0.05) is 12.1 Å². The van der Waals surface area contributed by atoms with E-state index in [2.05, 4.69) is 16.4 Å². The van der Waals surface area contributed by atoms with Gasteiger partial charge in [-0.15, -0.1) is 0 Å². The second-order valence-corrected chi connectivity index (χ2v) is 9.50. The molecular formula is C26H23N5O4. The van der Waals surface area contributed by atoms with E-state index in [1.165, 1.54) is 0 Å². The van der Waals surface area contributed by atoms with Gasteiger partial charge in [0.2, 0.25) is 0 Å². The van der Waals surface area contributed by atoms with Crippen LogP contribution in [0.3, 0.4) is 0 Å². The van der Waals surface area contributed by atoms with Crippen LogP contribution >= 0.6 is 0 Å². The van der Waals surface area contributed by atoms with Crippen molar-refractivity contribution in [3.63, 3.8) is 0 Å². The zero-order chi connectivity index (χ0) is 24.4. The van der Waals surface area contributed by atoms with Crippen molar-refractivity contribution in [1.29, 1.82) is 5.26 Å². The van der Waals surface area contributed by atoms with Gasteiger partial charge in [0.1, 0.15) is 6.07 Å². The number of nitrogen functional groups attached to an aromatic ring is 1. The van der Waals surface area contributed by atoms with E-state index in [-0.39, 0.29) is 23.6 Å². The average Bonchev–Trinajstić information content (AvgIpc) is 3.54. The first-order valence-corrected chi connectivity index (χ1v) is 11.6. The molecule has 1 amide bonds. The van der Waals surface area contributed by atoms with Crippen LogP contribution in [0.25, 0.3) is 33.1 Å². The van der Waals surface area contributed by atoms with Gasteiger partial charge in [-0.05, 0) is 67.5 Å². The van der Waals surface area contributed by atoms with Crippen molar-refractivity contribution in [2.24, 2.45) is 0 Å². The Kier molecular flexibility index (Phi) is 4.61. The summed E-state index contributed by atoms with van der Waals surface area (Å²) in [4.78, 5) is 29.1. The molecule has 0 aliphatic heterocycles. The fraction of sp³-hybridized carbons (Fsp3) is 0.308. The molecule has 2 heterocycles. The van der Waals surface area contributed by atoms with Crippen molar-refractivity contribution >= 4 is 33.8 Å². The van der Waals surface area contributed by atoms with Gasteiger partial charge >= 0.3 is 6.09 Å². The smallest absolute Gasteiger partial charge is 0.404 e. The molecule has 4 N–H and O–H groups in total. The standard InChI is InChI=1S/C26H23N5O4/c1-12-18(13-2-7-20(28)15(8-13)11-27)5-6-19-22(12)31(17-3-4-17)25(32)21-23(19)35-24(30-21)14-9-16(10-14)29-26(33)34/h2,5-8,14,16-17,29H,3-4,9-10,28H2,1H3,(H,33,34)/t14-,16-. The van der Waals surface area contributed by atoms with Crippen LogP contribution in [-0.2, 0) is 0 Å². The van der Waals surface area contributed by atoms with Crippen LogP contribution in [0.2, 0.25) is 0 Å². The molecule has 6 rings (SSSR count). The zero-order valence-electron chi connectivity index (χ0n) is 19.0. The van der Waals surface area contributed by atoms with E-state index in [0.717, 1.165) is 40.4 Å². The monoisotopic (exact) mass is 469 g/mol. The number of pyridine rings is 1. The Balaban J connectivity index is 1.52. The number of rotatable bonds is 4. The van der Waals surface area contributed by atoms with Crippen LogP contribution in [0.5, 0.6) is 0 Å². The number of aromatic nitrogens is 2. The van der Waals surface area contributed by atoms with E-state index in [1.807, 2.05) is 29.7 Å². The number of nitrogens with zero attached hydrogens (tertiary/aromatic N) is 3. The molecule has 0 saturated heterocycles. The zero-order valence-corrected chi connectivity index (χ0v) is 19.0. The molecule has 2 aliphatic carbocycles. The van der Waals surface area contributed by atoms with E-state index in [1.54, 1.807) is 12.1 Å². The number of fused-ring (bicyclic) bond motifs is 3. The van der Waals surface area contributed by atoms with E-state index in [9.17, 15) is 14.9 Å². The lowest BCUT2D eigenvalue weighted by atomic mass is 9.80. The second kappa shape index (κ2) is 7.60. The third-order valence-corrected chi connectivity index (χ3v) is 7.19. The summed E-state index contributed by atoms with van der Waals surface area (Å²) in [5, 5.41) is 21.6. The van der Waals surface area contributed by atoms with Gasteiger partial charge < -0.3 is 25.1 Å². The first kappa shape index (κ1) is 21.2. The van der Waals surface area contributed by atoms with Crippen molar-refractivity contribution in [2.45, 2.75) is 50.6 Å². The molecule has 4 aromatic rings. The lowest BCUT2D eigenvalue weighted by molar-refractivity contribution is 0.174. The molecule has 0 spiro atoms. The lowest BCUT2D eigenvalue weighted by Gasteiger charge is -2.32. The highest BCUT2D eigenvalue weighted by Gasteiger charge is 2.36. The molecule has 35 heavy (non-hydrogen) atoms. The summed E-state index contributed by atoms with van der Waals surface area (Å²) in [6.45, 7) is 1.98. The Morgan fingerprint density at radius 1 is 1.29 bits per heavy atom. The second-order valence-electron chi connectivity index (χ2n) is 9.50. The van der Waals surface area contributed by atoms with E-state index in [0.29, 0.717) is 41.1 Å². The Hall–Kier alpha value is -4.32. The Morgan fingerprint density at radius 3 is 2.74 bits per heavy atom. The van der Waals surface area contributed by atoms with Gasteiger partial charge in [0, 0.05) is 29.1 Å². The fourth-order valence-electron chi connectivity index (χ4n) is 5.17. The van der Waals surface area contributed by atoms with Crippen molar-refractivity contribution in [3.8, 4) is 17.2 Å².